The predicted molar refractivity (Wildman–Crippen MR) is 158 cm³/mol. The average Bonchev–Trinajstić information content (AvgIpc) is 3.33. The van der Waals surface area contributed by atoms with Gasteiger partial charge in [-0.2, -0.15) is 0 Å². The molecule has 9 nitrogen and oxygen atoms in total. The van der Waals surface area contributed by atoms with Crippen LogP contribution < -0.4 is 10.6 Å². The summed E-state index contributed by atoms with van der Waals surface area (Å²) in [5.74, 6) is -1.53. The molecule has 1 unspecified atom stereocenters. The second kappa shape index (κ2) is 13.2. The Morgan fingerprint density at radius 3 is 2.12 bits per heavy atom. The molecular formula is C33H37N3O6. The largest absolute Gasteiger partial charge is 0.480 e. The van der Waals surface area contributed by atoms with Crippen LogP contribution in [0.25, 0.3) is 11.1 Å². The quantitative estimate of drug-likeness (QED) is 0.316. The van der Waals surface area contributed by atoms with Gasteiger partial charge < -0.3 is 25.2 Å². The molecule has 3 aromatic rings. The van der Waals surface area contributed by atoms with Crippen molar-refractivity contribution >= 4 is 18.0 Å². The van der Waals surface area contributed by atoms with E-state index in [0.717, 1.165) is 34.4 Å². The molecule has 1 aliphatic carbocycles. The van der Waals surface area contributed by atoms with Crippen LogP contribution in [-0.4, -0.2) is 73.0 Å². The number of hydrogen-bond donors (Lipinski definition) is 3. The molecule has 1 atom stereocenters. The summed E-state index contributed by atoms with van der Waals surface area (Å²) in [7, 11) is 1.45. The van der Waals surface area contributed by atoms with Gasteiger partial charge in [0.05, 0.1) is 12.5 Å². The van der Waals surface area contributed by atoms with Crippen LogP contribution in [0.1, 0.15) is 41.9 Å². The minimum absolute atomic E-state index is 0.0471. The average molecular weight is 572 g/mol. The van der Waals surface area contributed by atoms with Gasteiger partial charge in [-0.05, 0) is 40.7 Å². The summed E-state index contributed by atoms with van der Waals surface area (Å²) in [4.78, 5) is 39.9. The molecule has 2 aliphatic rings. The first kappa shape index (κ1) is 29.3. The highest BCUT2D eigenvalue weighted by atomic mass is 16.5. The molecular weight excluding hydrogens is 534 g/mol. The van der Waals surface area contributed by atoms with Crippen molar-refractivity contribution in [2.75, 3.05) is 33.4 Å². The molecule has 0 spiro atoms. The highest BCUT2D eigenvalue weighted by Crippen LogP contribution is 2.44. The first-order valence-corrected chi connectivity index (χ1v) is 14.3. The number of alkyl carbamates (subject to hydrolysis) is 1. The van der Waals surface area contributed by atoms with Crippen LogP contribution >= 0.6 is 0 Å². The van der Waals surface area contributed by atoms with Crippen LogP contribution in [0.5, 0.6) is 0 Å². The van der Waals surface area contributed by atoms with Gasteiger partial charge in [-0.15, -0.1) is 0 Å². The molecule has 3 aromatic carbocycles. The van der Waals surface area contributed by atoms with Crippen molar-refractivity contribution in [3.05, 3.63) is 95.6 Å². The highest BCUT2D eigenvalue weighted by molar-refractivity contribution is 5.87. The van der Waals surface area contributed by atoms with E-state index in [1.807, 2.05) is 54.6 Å². The van der Waals surface area contributed by atoms with E-state index >= 15 is 0 Å². The second-order valence-corrected chi connectivity index (χ2v) is 11.0. The summed E-state index contributed by atoms with van der Waals surface area (Å²) >= 11 is 0. The Kier molecular flexibility index (Phi) is 9.19. The van der Waals surface area contributed by atoms with E-state index in [4.69, 9.17) is 9.47 Å². The molecule has 5 rings (SSSR count). The van der Waals surface area contributed by atoms with Crippen molar-refractivity contribution in [3.63, 3.8) is 0 Å². The molecule has 1 fully saturated rings. The van der Waals surface area contributed by atoms with Crippen molar-refractivity contribution in [3.8, 4) is 11.1 Å². The van der Waals surface area contributed by atoms with Crippen molar-refractivity contribution in [2.45, 2.75) is 43.4 Å². The molecule has 1 aliphatic heterocycles. The van der Waals surface area contributed by atoms with Gasteiger partial charge in [0.1, 0.15) is 12.1 Å². The number of carboxylic acid groups (broad SMARTS) is 1. The third kappa shape index (κ3) is 6.64. The van der Waals surface area contributed by atoms with Crippen LogP contribution in [0.4, 0.5) is 4.79 Å². The number of amides is 2. The van der Waals surface area contributed by atoms with Gasteiger partial charge in [-0.3, -0.25) is 9.69 Å². The van der Waals surface area contributed by atoms with Gasteiger partial charge in [0.15, 0.2) is 0 Å². The molecule has 42 heavy (non-hydrogen) atoms. The number of piperidine rings is 1. The molecule has 3 N–H and O–H groups in total. The molecule has 1 heterocycles. The topological polar surface area (TPSA) is 117 Å². The normalized spacial score (nSPS) is 16.6. The number of carbonyl (C=O) groups excluding carboxylic acids is 2. The summed E-state index contributed by atoms with van der Waals surface area (Å²) in [6.45, 7) is 2.07. The summed E-state index contributed by atoms with van der Waals surface area (Å²) in [5, 5.41) is 15.5. The number of carbonyl (C=O) groups is 3. The number of likely N-dealkylation sites (tertiary alicyclic amines) is 1. The predicted octanol–water partition coefficient (Wildman–Crippen LogP) is 4.17. The van der Waals surface area contributed by atoms with Crippen molar-refractivity contribution in [1.82, 2.24) is 15.5 Å². The number of methoxy groups -OCH3 is 1. The summed E-state index contributed by atoms with van der Waals surface area (Å²) < 4.78 is 11.0. The molecule has 2 amide bonds. The fourth-order valence-electron chi connectivity index (χ4n) is 5.94. The lowest BCUT2D eigenvalue weighted by molar-refractivity contribution is -0.150. The van der Waals surface area contributed by atoms with E-state index in [0.29, 0.717) is 25.9 Å². The Morgan fingerprint density at radius 2 is 1.52 bits per heavy atom. The summed E-state index contributed by atoms with van der Waals surface area (Å²) in [6, 6.07) is 26.2. The fourth-order valence-corrected chi connectivity index (χ4v) is 5.94. The number of hydrogen-bond acceptors (Lipinski definition) is 6. The van der Waals surface area contributed by atoms with Crippen molar-refractivity contribution in [1.29, 1.82) is 0 Å². The summed E-state index contributed by atoms with van der Waals surface area (Å²) in [5.41, 5.74) is 4.37. The highest BCUT2D eigenvalue weighted by Gasteiger charge is 2.43. The molecule has 0 aromatic heterocycles. The van der Waals surface area contributed by atoms with Gasteiger partial charge >= 0.3 is 12.1 Å². The minimum atomic E-state index is -1.33. The monoisotopic (exact) mass is 571 g/mol. The van der Waals surface area contributed by atoms with Gasteiger partial charge in [-0.1, -0.05) is 78.9 Å². The zero-order valence-corrected chi connectivity index (χ0v) is 23.8. The van der Waals surface area contributed by atoms with E-state index in [9.17, 15) is 19.5 Å². The Morgan fingerprint density at radius 1 is 0.929 bits per heavy atom. The Hall–Kier alpha value is -4.21. The molecule has 1 saturated heterocycles. The standard InChI is InChI=1S/C33H37N3O6/c1-41-24(19-30(37)35-33(31(38)39)15-17-36(18-16-33)21-23-9-3-2-4-10-23)20-34-32(40)42-22-29-27-13-7-5-11-25(27)26-12-6-8-14-28(26)29/h2-14,24,29H,15-22H2,1H3,(H,34,40)(H,35,37)(H,38,39). The lowest BCUT2D eigenvalue weighted by Gasteiger charge is -2.39. The number of benzene rings is 3. The fraction of sp³-hybridized carbons (Fsp3) is 0.364. The van der Waals surface area contributed by atoms with Gasteiger partial charge in [0, 0.05) is 39.2 Å². The number of carboxylic acids is 1. The number of nitrogens with zero attached hydrogens (tertiary/aromatic N) is 1. The Labute approximate surface area is 245 Å². The third-order valence-electron chi connectivity index (χ3n) is 8.31. The number of ether oxygens (including phenoxy) is 2. The minimum Gasteiger partial charge on any atom is -0.480 e. The van der Waals surface area contributed by atoms with E-state index < -0.39 is 29.6 Å². The first-order valence-electron chi connectivity index (χ1n) is 14.3. The smallest absolute Gasteiger partial charge is 0.407 e. The molecule has 9 heteroatoms. The van der Waals surface area contributed by atoms with Crippen molar-refractivity contribution in [2.24, 2.45) is 0 Å². The Balaban J connectivity index is 1.09. The first-order chi connectivity index (χ1) is 20.4. The van der Waals surface area contributed by atoms with E-state index in [2.05, 4.69) is 39.8 Å². The maximum absolute atomic E-state index is 12.9. The molecule has 220 valence electrons. The van der Waals surface area contributed by atoms with E-state index in [-0.39, 0.29) is 25.5 Å². The van der Waals surface area contributed by atoms with Crippen LogP contribution in [0.2, 0.25) is 0 Å². The lowest BCUT2D eigenvalue weighted by atomic mass is 9.87. The maximum atomic E-state index is 12.9. The molecule has 0 bridgehead atoms. The van der Waals surface area contributed by atoms with Crippen LogP contribution in [0.3, 0.4) is 0 Å². The Bertz CT molecular complexity index is 1360. The number of fused-ring (bicyclic) bond motifs is 3. The van der Waals surface area contributed by atoms with Crippen molar-refractivity contribution < 1.29 is 29.0 Å². The van der Waals surface area contributed by atoms with Gasteiger partial charge in [0.25, 0.3) is 0 Å². The van der Waals surface area contributed by atoms with Gasteiger partial charge in [0.2, 0.25) is 5.91 Å². The van der Waals surface area contributed by atoms with Gasteiger partial charge in [-0.25, -0.2) is 9.59 Å². The van der Waals surface area contributed by atoms with Crippen LogP contribution in [0, 0.1) is 0 Å². The SMILES string of the molecule is COC(CNC(=O)OCC1c2ccccc2-c2ccccc21)CC(=O)NC1(C(=O)O)CCN(Cc2ccccc2)CC1. The van der Waals surface area contributed by atoms with E-state index in [1.165, 1.54) is 7.11 Å². The molecule has 0 radical (unpaired) electrons. The number of nitrogens with one attached hydrogen (secondary N) is 2. The van der Waals surface area contributed by atoms with Crippen LogP contribution in [0.15, 0.2) is 78.9 Å². The number of aliphatic carboxylic acids is 1. The zero-order chi connectivity index (χ0) is 29.5. The molecule has 0 saturated carbocycles. The zero-order valence-electron chi connectivity index (χ0n) is 23.8. The number of rotatable bonds is 11. The second-order valence-electron chi connectivity index (χ2n) is 11.0. The summed E-state index contributed by atoms with van der Waals surface area (Å²) in [6.07, 6.45) is -0.739. The lowest BCUT2D eigenvalue weighted by Crippen LogP contribution is -2.60. The maximum Gasteiger partial charge on any atom is 0.407 e. The van der Waals surface area contributed by atoms with E-state index in [1.54, 1.807) is 0 Å². The van der Waals surface area contributed by atoms with Crippen LogP contribution in [-0.2, 0) is 25.6 Å². The third-order valence-corrected chi connectivity index (χ3v) is 8.31.